The van der Waals surface area contributed by atoms with Crippen molar-refractivity contribution in [3.05, 3.63) is 170 Å². The topological polar surface area (TPSA) is 0 Å². The Morgan fingerprint density at radius 3 is 1.31 bits per heavy atom. The second-order valence-corrected chi connectivity index (χ2v) is 14.6. The second kappa shape index (κ2) is 11.0. The van der Waals surface area contributed by atoms with E-state index in [-0.39, 0.29) is 0 Å². The molecule has 0 fully saturated rings. The Labute approximate surface area is 286 Å². The summed E-state index contributed by atoms with van der Waals surface area (Å²) < 4.78 is 0. The number of thiophene rings is 2. The van der Waals surface area contributed by atoms with Gasteiger partial charge < -0.3 is 0 Å². The monoisotopic (exact) mass is 644 g/mol. The fraction of sp³-hybridized carbons (Fsp3) is 0. The van der Waals surface area contributed by atoms with Crippen LogP contribution in [0, 0.1) is 0 Å². The molecule has 0 aliphatic heterocycles. The summed E-state index contributed by atoms with van der Waals surface area (Å²) >= 11 is 3.78. The van der Waals surface area contributed by atoms with E-state index in [2.05, 4.69) is 170 Å². The minimum Gasteiger partial charge on any atom is -0.135 e. The molecule has 0 unspecified atom stereocenters. The minimum atomic E-state index is 1.26. The van der Waals surface area contributed by atoms with E-state index >= 15 is 0 Å². The predicted octanol–water partition coefficient (Wildman–Crippen LogP) is 14.2. The van der Waals surface area contributed by atoms with Gasteiger partial charge >= 0.3 is 0 Å². The van der Waals surface area contributed by atoms with E-state index in [9.17, 15) is 0 Å². The largest absolute Gasteiger partial charge is 0.135 e. The van der Waals surface area contributed by atoms with Crippen LogP contribution in [-0.4, -0.2) is 0 Å². The first-order chi connectivity index (χ1) is 23.8. The summed E-state index contributed by atoms with van der Waals surface area (Å²) in [5.41, 5.74) is 5.17. The second-order valence-electron chi connectivity index (χ2n) is 12.5. The molecule has 2 aromatic heterocycles. The van der Waals surface area contributed by atoms with Crippen molar-refractivity contribution in [2.45, 2.75) is 0 Å². The molecule has 0 saturated heterocycles. The lowest BCUT2D eigenvalue weighted by Gasteiger charge is -2.17. The predicted molar refractivity (Wildman–Crippen MR) is 211 cm³/mol. The van der Waals surface area contributed by atoms with Gasteiger partial charge in [0, 0.05) is 30.6 Å². The fourth-order valence-electron chi connectivity index (χ4n) is 7.41. The third kappa shape index (κ3) is 4.41. The Balaban J connectivity index is 1.21. The lowest BCUT2D eigenvalue weighted by molar-refractivity contribution is 1.73. The summed E-state index contributed by atoms with van der Waals surface area (Å²) in [6.07, 6.45) is 0. The maximum atomic E-state index is 2.36. The Morgan fingerprint density at radius 1 is 0.271 bits per heavy atom. The van der Waals surface area contributed by atoms with Gasteiger partial charge in [-0.15, -0.1) is 22.7 Å². The smallest absolute Gasteiger partial charge is 0.0362 e. The molecule has 0 bridgehead atoms. The first-order valence-corrected chi connectivity index (χ1v) is 18.0. The quantitative estimate of drug-likeness (QED) is 0.132. The van der Waals surface area contributed by atoms with Crippen molar-refractivity contribution in [2.75, 3.05) is 0 Å². The van der Waals surface area contributed by atoms with E-state index in [1.807, 2.05) is 22.7 Å². The molecule has 2 heterocycles. The molecule has 0 amide bonds. The van der Waals surface area contributed by atoms with E-state index in [1.54, 1.807) is 0 Å². The SMILES string of the molecule is c1ccc2cc(-c3ccc(-c4c5ccccc5c(-c5ccc(-c6ccc7ccccc7c6)s5)c5c4ccc4ccccc45)s3)ccc2c1. The van der Waals surface area contributed by atoms with Crippen LogP contribution < -0.4 is 0 Å². The average molecular weight is 645 g/mol. The summed E-state index contributed by atoms with van der Waals surface area (Å²) in [6.45, 7) is 0. The van der Waals surface area contributed by atoms with Gasteiger partial charge in [-0.2, -0.15) is 0 Å². The first-order valence-electron chi connectivity index (χ1n) is 16.3. The van der Waals surface area contributed by atoms with E-state index in [1.165, 1.54) is 95.6 Å². The number of hydrogen-bond acceptors (Lipinski definition) is 2. The van der Waals surface area contributed by atoms with Crippen LogP contribution in [-0.2, 0) is 0 Å². The van der Waals surface area contributed by atoms with Crippen LogP contribution in [0.5, 0.6) is 0 Å². The van der Waals surface area contributed by atoms with Crippen LogP contribution in [0.2, 0.25) is 0 Å². The van der Waals surface area contributed by atoms with Gasteiger partial charge in [-0.1, -0.05) is 133 Å². The Kier molecular flexibility index (Phi) is 6.33. The molecular weight excluding hydrogens is 617 g/mol. The van der Waals surface area contributed by atoms with Gasteiger partial charge in [0.05, 0.1) is 0 Å². The van der Waals surface area contributed by atoms with Crippen LogP contribution in [0.4, 0.5) is 0 Å². The molecule has 224 valence electrons. The third-order valence-electron chi connectivity index (χ3n) is 9.69. The van der Waals surface area contributed by atoms with Crippen LogP contribution in [0.3, 0.4) is 0 Å². The molecule has 8 aromatic carbocycles. The molecule has 10 rings (SSSR count). The zero-order valence-corrected chi connectivity index (χ0v) is 27.6. The lowest BCUT2D eigenvalue weighted by Crippen LogP contribution is -1.89. The highest BCUT2D eigenvalue weighted by Crippen LogP contribution is 2.50. The molecule has 48 heavy (non-hydrogen) atoms. The summed E-state index contributed by atoms with van der Waals surface area (Å²) in [4.78, 5) is 5.17. The van der Waals surface area contributed by atoms with Crippen molar-refractivity contribution in [2.24, 2.45) is 0 Å². The molecule has 0 saturated carbocycles. The third-order valence-corrected chi connectivity index (χ3v) is 12.0. The number of hydrogen-bond donors (Lipinski definition) is 0. The van der Waals surface area contributed by atoms with E-state index in [0.717, 1.165) is 0 Å². The van der Waals surface area contributed by atoms with Crippen molar-refractivity contribution in [3.63, 3.8) is 0 Å². The number of benzene rings is 8. The highest BCUT2D eigenvalue weighted by atomic mass is 32.1. The van der Waals surface area contributed by atoms with E-state index in [4.69, 9.17) is 0 Å². The summed E-state index contributed by atoms with van der Waals surface area (Å²) in [5, 5.41) is 12.9. The molecular formula is C46H28S2. The Bertz CT molecular complexity index is 2850. The molecule has 0 radical (unpaired) electrons. The molecule has 0 aliphatic rings. The molecule has 0 nitrogen and oxygen atoms in total. The minimum absolute atomic E-state index is 1.26. The van der Waals surface area contributed by atoms with Gasteiger partial charge in [-0.05, 0) is 101 Å². The average Bonchev–Trinajstić information content (AvgIpc) is 3.84. The van der Waals surface area contributed by atoms with Crippen LogP contribution in [0.1, 0.15) is 0 Å². The van der Waals surface area contributed by atoms with Crippen LogP contribution in [0.15, 0.2) is 170 Å². The molecule has 0 N–H and O–H groups in total. The van der Waals surface area contributed by atoms with Crippen molar-refractivity contribution < 1.29 is 0 Å². The van der Waals surface area contributed by atoms with Crippen molar-refractivity contribution in [3.8, 4) is 41.8 Å². The normalized spacial score (nSPS) is 11.8. The van der Waals surface area contributed by atoms with Crippen molar-refractivity contribution in [1.82, 2.24) is 0 Å². The zero-order chi connectivity index (χ0) is 31.6. The maximum absolute atomic E-state index is 2.36. The van der Waals surface area contributed by atoms with Gasteiger partial charge in [0.15, 0.2) is 0 Å². The molecule has 0 aliphatic carbocycles. The van der Waals surface area contributed by atoms with Gasteiger partial charge in [0.2, 0.25) is 0 Å². The standard InChI is InChI=1S/C46H28S2/c1-3-12-32-27-34(19-17-29(32)9-1)40-23-25-42(47-40)44-37-15-7-8-16-38(37)46(45-36-14-6-5-11-31(36)21-22-39(44)45)43-26-24-41(48-43)35-20-18-30-10-2-4-13-33(30)28-35/h1-28H. The highest BCUT2D eigenvalue weighted by molar-refractivity contribution is 7.19. The molecule has 0 atom stereocenters. The zero-order valence-electron chi connectivity index (χ0n) is 26.0. The summed E-state index contributed by atoms with van der Waals surface area (Å²) in [6, 6.07) is 62.7. The van der Waals surface area contributed by atoms with E-state index in [0.29, 0.717) is 0 Å². The fourth-order valence-corrected chi connectivity index (χ4v) is 9.55. The molecule has 2 heteroatoms. The van der Waals surface area contributed by atoms with Gasteiger partial charge in [0.1, 0.15) is 0 Å². The Hall–Kier alpha value is -5.54. The van der Waals surface area contributed by atoms with Crippen LogP contribution in [0.25, 0.3) is 95.6 Å². The van der Waals surface area contributed by atoms with Gasteiger partial charge in [-0.25, -0.2) is 0 Å². The molecule has 10 aromatic rings. The summed E-state index contributed by atoms with van der Waals surface area (Å²) in [5.74, 6) is 0. The van der Waals surface area contributed by atoms with Gasteiger partial charge in [0.25, 0.3) is 0 Å². The lowest BCUT2D eigenvalue weighted by atomic mass is 9.87. The van der Waals surface area contributed by atoms with Gasteiger partial charge in [-0.3, -0.25) is 0 Å². The van der Waals surface area contributed by atoms with E-state index < -0.39 is 0 Å². The van der Waals surface area contributed by atoms with Crippen LogP contribution >= 0.6 is 22.7 Å². The van der Waals surface area contributed by atoms with Crippen molar-refractivity contribution >= 4 is 76.5 Å². The maximum Gasteiger partial charge on any atom is 0.0362 e. The number of fused-ring (bicyclic) bond motifs is 6. The number of rotatable bonds is 4. The molecule has 0 spiro atoms. The Morgan fingerprint density at radius 2 is 0.708 bits per heavy atom. The summed E-state index contributed by atoms with van der Waals surface area (Å²) in [7, 11) is 0. The highest BCUT2D eigenvalue weighted by Gasteiger charge is 2.21. The first kappa shape index (κ1) is 27.6. The van der Waals surface area contributed by atoms with Crippen molar-refractivity contribution in [1.29, 1.82) is 0 Å².